The largest absolute Gasteiger partial charge is 0.310 e. The molecule has 0 saturated carbocycles. The fraction of sp³-hybridized carbons (Fsp3) is 0.455. The molecule has 1 aromatic rings. The van der Waals surface area contributed by atoms with Crippen molar-refractivity contribution in [2.24, 2.45) is 0 Å². The molecule has 0 aliphatic carbocycles. The number of anilines is 1. The Hall–Kier alpha value is -1.13. The van der Waals surface area contributed by atoms with Gasteiger partial charge in [-0.25, -0.2) is 4.98 Å². The normalized spacial score (nSPS) is 12.2. The summed E-state index contributed by atoms with van der Waals surface area (Å²) in [6.07, 6.45) is 0.989. The van der Waals surface area contributed by atoms with Crippen molar-refractivity contribution in [1.82, 2.24) is 10.3 Å². The average Bonchev–Trinajstić information content (AvgIpc) is 2.26. The standard InChI is InChI=1S/C11H16ClN3O/c1-3-8(2)13-7-11(16)15-10-6-4-5-9(12)14-10/h4-6,8,13H,3,7H2,1-2H3,(H,14,15,16). The number of nitrogens with zero attached hydrogens (tertiary/aromatic N) is 1. The van der Waals surface area contributed by atoms with Gasteiger partial charge in [0.05, 0.1) is 6.54 Å². The minimum absolute atomic E-state index is 0.116. The molecule has 1 atom stereocenters. The van der Waals surface area contributed by atoms with Crippen molar-refractivity contribution in [3.05, 3.63) is 23.4 Å². The van der Waals surface area contributed by atoms with E-state index in [4.69, 9.17) is 11.6 Å². The minimum atomic E-state index is -0.116. The second-order valence-electron chi connectivity index (χ2n) is 3.58. The lowest BCUT2D eigenvalue weighted by Crippen LogP contribution is -2.34. The number of hydrogen-bond acceptors (Lipinski definition) is 3. The quantitative estimate of drug-likeness (QED) is 0.776. The molecule has 1 aromatic heterocycles. The van der Waals surface area contributed by atoms with Crippen molar-refractivity contribution >= 4 is 23.3 Å². The van der Waals surface area contributed by atoms with Crippen LogP contribution in [0.5, 0.6) is 0 Å². The van der Waals surface area contributed by atoms with Gasteiger partial charge in [-0.3, -0.25) is 4.79 Å². The molecule has 0 bridgehead atoms. The summed E-state index contributed by atoms with van der Waals surface area (Å²) in [6.45, 7) is 4.38. The molecule has 4 nitrogen and oxygen atoms in total. The first kappa shape index (κ1) is 12.9. The Morgan fingerprint density at radius 1 is 1.56 bits per heavy atom. The average molecular weight is 242 g/mol. The molecule has 0 aromatic carbocycles. The van der Waals surface area contributed by atoms with Crippen LogP contribution in [0.3, 0.4) is 0 Å². The van der Waals surface area contributed by atoms with Crippen molar-refractivity contribution in [2.75, 3.05) is 11.9 Å². The Morgan fingerprint density at radius 2 is 2.31 bits per heavy atom. The predicted molar refractivity (Wildman–Crippen MR) is 65.6 cm³/mol. The molecule has 0 aliphatic rings. The van der Waals surface area contributed by atoms with Crippen LogP contribution in [0.15, 0.2) is 18.2 Å². The molecule has 0 spiro atoms. The molecule has 1 heterocycles. The van der Waals surface area contributed by atoms with E-state index in [1.54, 1.807) is 18.2 Å². The van der Waals surface area contributed by atoms with E-state index in [1.807, 2.05) is 6.92 Å². The van der Waals surface area contributed by atoms with Gasteiger partial charge in [-0.05, 0) is 25.5 Å². The lowest BCUT2D eigenvalue weighted by molar-refractivity contribution is -0.115. The summed E-state index contributed by atoms with van der Waals surface area (Å²) < 4.78 is 0. The minimum Gasteiger partial charge on any atom is -0.310 e. The van der Waals surface area contributed by atoms with Gasteiger partial charge in [0, 0.05) is 6.04 Å². The number of rotatable bonds is 5. The van der Waals surface area contributed by atoms with Crippen molar-refractivity contribution in [1.29, 1.82) is 0 Å². The van der Waals surface area contributed by atoms with Crippen LogP contribution in [-0.2, 0) is 4.79 Å². The summed E-state index contributed by atoms with van der Waals surface area (Å²) in [5, 5.41) is 6.13. The first-order valence-electron chi connectivity index (χ1n) is 5.27. The molecular weight excluding hydrogens is 226 g/mol. The Balaban J connectivity index is 2.40. The van der Waals surface area contributed by atoms with E-state index in [2.05, 4.69) is 22.5 Å². The summed E-state index contributed by atoms with van der Waals surface area (Å²) in [5.41, 5.74) is 0. The van der Waals surface area contributed by atoms with Gasteiger partial charge in [0.1, 0.15) is 11.0 Å². The van der Waals surface area contributed by atoms with Crippen LogP contribution in [-0.4, -0.2) is 23.5 Å². The molecule has 2 N–H and O–H groups in total. The molecule has 0 radical (unpaired) electrons. The third-order valence-corrected chi connectivity index (χ3v) is 2.42. The maximum Gasteiger partial charge on any atom is 0.239 e. The zero-order valence-electron chi connectivity index (χ0n) is 9.46. The Kier molecular flexibility index (Phi) is 5.22. The van der Waals surface area contributed by atoms with Crippen molar-refractivity contribution < 1.29 is 4.79 Å². The first-order chi connectivity index (χ1) is 7.61. The van der Waals surface area contributed by atoms with Crippen LogP contribution in [0.25, 0.3) is 0 Å². The van der Waals surface area contributed by atoms with Gasteiger partial charge in [0.15, 0.2) is 0 Å². The molecule has 5 heteroatoms. The van der Waals surface area contributed by atoms with Gasteiger partial charge >= 0.3 is 0 Å². The number of aromatic nitrogens is 1. The van der Waals surface area contributed by atoms with Crippen molar-refractivity contribution in [3.63, 3.8) is 0 Å². The monoisotopic (exact) mass is 241 g/mol. The van der Waals surface area contributed by atoms with Gasteiger partial charge in [-0.1, -0.05) is 24.6 Å². The van der Waals surface area contributed by atoms with E-state index >= 15 is 0 Å². The summed E-state index contributed by atoms with van der Waals surface area (Å²) in [6, 6.07) is 5.44. The van der Waals surface area contributed by atoms with Crippen molar-refractivity contribution in [3.8, 4) is 0 Å². The highest BCUT2D eigenvalue weighted by atomic mass is 35.5. The van der Waals surface area contributed by atoms with E-state index in [9.17, 15) is 4.79 Å². The summed E-state index contributed by atoms with van der Waals surface area (Å²) >= 11 is 5.70. The van der Waals surface area contributed by atoms with Crippen LogP contribution in [0.1, 0.15) is 20.3 Å². The lowest BCUT2D eigenvalue weighted by Gasteiger charge is -2.10. The van der Waals surface area contributed by atoms with Gasteiger partial charge < -0.3 is 10.6 Å². The molecule has 1 unspecified atom stereocenters. The Bertz CT molecular complexity index is 357. The lowest BCUT2D eigenvalue weighted by atomic mass is 10.2. The zero-order valence-corrected chi connectivity index (χ0v) is 10.2. The van der Waals surface area contributed by atoms with E-state index in [0.717, 1.165) is 6.42 Å². The Labute approximate surface area is 100 Å². The van der Waals surface area contributed by atoms with E-state index in [0.29, 0.717) is 17.0 Å². The molecule has 88 valence electrons. The first-order valence-corrected chi connectivity index (χ1v) is 5.65. The summed E-state index contributed by atoms with van der Waals surface area (Å²) in [4.78, 5) is 15.5. The van der Waals surface area contributed by atoms with Crippen LogP contribution in [0.2, 0.25) is 5.15 Å². The SMILES string of the molecule is CCC(C)NCC(=O)Nc1cccc(Cl)n1. The summed E-state index contributed by atoms with van der Waals surface area (Å²) in [7, 11) is 0. The smallest absolute Gasteiger partial charge is 0.239 e. The van der Waals surface area contributed by atoms with Crippen molar-refractivity contribution in [2.45, 2.75) is 26.3 Å². The number of hydrogen-bond donors (Lipinski definition) is 2. The number of carbonyl (C=O) groups excluding carboxylic acids is 1. The van der Waals surface area contributed by atoms with Gasteiger partial charge in [0.25, 0.3) is 0 Å². The molecule has 0 fully saturated rings. The molecule has 1 amide bonds. The highest BCUT2D eigenvalue weighted by Crippen LogP contribution is 2.08. The van der Waals surface area contributed by atoms with Crippen LogP contribution in [0, 0.1) is 0 Å². The van der Waals surface area contributed by atoms with Gasteiger partial charge in [-0.15, -0.1) is 0 Å². The number of amides is 1. The second-order valence-corrected chi connectivity index (χ2v) is 3.97. The number of nitrogens with one attached hydrogen (secondary N) is 2. The highest BCUT2D eigenvalue weighted by Gasteiger charge is 2.05. The number of pyridine rings is 1. The summed E-state index contributed by atoms with van der Waals surface area (Å²) in [5.74, 6) is 0.360. The molecular formula is C11H16ClN3O. The highest BCUT2D eigenvalue weighted by molar-refractivity contribution is 6.29. The van der Waals surface area contributed by atoms with E-state index in [-0.39, 0.29) is 12.5 Å². The van der Waals surface area contributed by atoms with Crippen LogP contribution in [0.4, 0.5) is 5.82 Å². The van der Waals surface area contributed by atoms with Gasteiger partial charge in [-0.2, -0.15) is 0 Å². The molecule has 1 rings (SSSR count). The fourth-order valence-electron chi connectivity index (χ4n) is 1.08. The van der Waals surface area contributed by atoms with E-state index in [1.165, 1.54) is 0 Å². The fourth-order valence-corrected chi connectivity index (χ4v) is 1.24. The third kappa shape index (κ3) is 4.59. The zero-order chi connectivity index (χ0) is 12.0. The van der Waals surface area contributed by atoms with Gasteiger partial charge in [0.2, 0.25) is 5.91 Å². The van der Waals surface area contributed by atoms with E-state index < -0.39 is 0 Å². The maximum atomic E-state index is 11.5. The molecule has 0 saturated heterocycles. The van der Waals surface area contributed by atoms with Crippen LogP contribution < -0.4 is 10.6 Å². The van der Waals surface area contributed by atoms with Crippen LogP contribution >= 0.6 is 11.6 Å². The second kappa shape index (κ2) is 6.45. The topological polar surface area (TPSA) is 54.0 Å². The number of halogens is 1. The molecule has 16 heavy (non-hydrogen) atoms. The Morgan fingerprint density at radius 3 is 2.94 bits per heavy atom. The third-order valence-electron chi connectivity index (χ3n) is 2.21. The maximum absolute atomic E-state index is 11.5. The molecule has 0 aliphatic heterocycles. The number of carbonyl (C=O) groups is 1. The predicted octanol–water partition coefficient (Wildman–Crippen LogP) is 2.06.